The molecule has 16 heavy (non-hydrogen) atoms. The Morgan fingerprint density at radius 1 is 1.44 bits per heavy atom. The monoisotopic (exact) mass is 220 g/mol. The lowest BCUT2D eigenvalue weighted by Gasteiger charge is -2.22. The third-order valence-electron chi connectivity index (χ3n) is 2.72. The van der Waals surface area contributed by atoms with Crippen molar-refractivity contribution in [1.82, 2.24) is 4.98 Å². The Morgan fingerprint density at radius 2 is 2.19 bits per heavy atom. The zero-order valence-electron chi connectivity index (χ0n) is 9.54. The molecule has 0 radical (unpaired) electrons. The van der Waals surface area contributed by atoms with Crippen molar-refractivity contribution in [2.45, 2.75) is 20.3 Å². The summed E-state index contributed by atoms with van der Waals surface area (Å²) in [6, 6.07) is 5.75. The summed E-state index contributed by atoms with van der Waals surface area (Å²) in [6.07, 6.45) is 0.869. The summed E-state index contributed by atoms with van der Waals surface area (Å²) in [4.78, 5) is 13.6. The molecule has 0 saturated carbocycles. The summed E-state index contributed by atoms with van der Waals surface area (Å²) in [6.45, 7) is 4.86. The van der Waals surface area contributed by atoms with Gasteiger partial charge in [-0.15, -0.1) is 0 Å². The van der Waals surface area contributed by atoms with Gasteiger partial charge in [0.1, 0.15) is 0 Å². The van der Waals surface area contributed by atoms with Crippen molar-refractivity contribution in [1.29, 1.82) is 0 Å². The SMILES string of the molecule is CC(C)(CN)Cc1ccc2[nH]c(=O)oc2c1. The summed E-state index contributed by atoms with van der Waals surface area (Å²) < 4.78 is 5.01. The van der Waals surface area contributed by atoms with Crippen LogP contribution in [-0.4, -0.2) is 11.5 Å². The third-order valence-corrected chi connectivity index (χ3v) is 2.72. The Hall–Kier alpha value is -1.55. The van der Waals surface area contributed by atoms with Crippen LogP contribution in [0.2, 0.25) is 0 Å². The van der Waals surface area contributed by atoms with E-state index in [0.29, 0.717) is 12.1 Å². The second-order valence-electron chi connectivity index (χ2n) is 4.89. The lowest BCUT2D eigenvalue weighted by atomic mass is 9.86. The molecule has 0 spiro atoms. The van der Waals surface area contributed by atoms with Crippen LogP contribution in [0.3, 0.4) is 0 Å². The summed E-state index contributed by atoms with van der Waals surface area (Å²) in [5.41, 5.74) is 8.22. The number of H-pyrrole nitrogens is 1. The average Bonchev–Trinajstić information content (AvgIpc) is 2.57. The molecule has 86 valence electrons. The van der Waals surface area contributed by atoms with Gasteiger partial charge in [-0.3, -0.25) is 4.98 Å². The first-order valence-corrected chi connectivity index (χ1v) is 5.32. The molecule has 2 aromatic rings. The van der Waals surface area contributed by atoms with Gasteiger partial charge in [0.15, 0.2) is 5.58 Å². The molecule has 0 atom stereocenters. The topological polar surface area (TPSA) is 72.0 Å². The Kier molecular flexibility index (Phi) is 2.59. The lowest BCUT2D eigenvalue weighted by molar-refractivity contribution is 0.377. The molecule has 0 aliphatic carbocycles. The van der Waals surface area contributed by atoms with Crippen molar-refractivity contribution in [3.8, 4) is 0 Å². The fourth-order valence-electron chi connectivity index (χ4n) is 1.72. The quantitative estimate of drug-likeness (QED) is 0.826. The molecule has 0 aliphatic rings. The molecule has 0 fully saturated rings. The van der Waals surface area contributed by atoms with E-state index in [1.807, 2.05) is 18.2 Å². The molecule has 3 N–H and O–H groups in total. The van der Waals surface area contributed by atoms with Gasteiger partial charge in [-0.2, -0.15) is 0 Å². The second-order valence-corrected chi connectivity index (χ2v) is 4.89. The lowest BCUT2D eigenvalue weighted by Crippen LogP contribution is -2.25. The molecule has 0 unspecified atom stereocenters. The summed E-state index contributed by atoms with van der Waals surface area (Å²) in [5, 5.41) is 0. The van der Waals surface area contributed by atoms with E-state index in [2.05, 4.69) is 18.8 Å². The fourth-order valence-corrected chi connectivity index (χ4v) is 1.72. The predicted molar refractivity (Wildman–Crippen MR) is 63.4 cm³/mol. The van der Waals surface area contributed by atoms with E-state index in [4.69, 9.17) is 10.2 Å². The highest BCUT2D eigenvalue weighted by atomic mass is 16.4. The number of fused-ring (bicyclic) bond motifs is 1. The van der Waals surface area contributed by atoms with Crippen LogP contribution in [0.25, 0.3) is 11.1 Å². The summed E-state index contributed by atoms with van der Waals surface area (Å²) in [5.74, 6) is -0.412. The van der Waals surface area contributed by atoms with Crippen LogP contribution in [0.1, 0.15) is 19.4 Å². The highest BCUT2D eigenvalue weighted by Gasteiger charge is 2.16. The Bertz CT molecular complexity index is 551. The number of aromatic amines is 1. The van der Waals surface area contributed by atoms with Crippen molar-refractivity contribution >= 4 is 11.1 Å². The van der Waals surface area contributed by atoms with E-state index < -0.39 is 5.76 Å². The van der Waals surface area contributed by atoms with Crippen LogP contribution < -0.4 is 11.5 Å². The molecule has 0 amide bonds. The van der Waals surface area contributed by atoms with Gasteiger partial charge < -0.3 is 10.2 Å². The molecule has 0 saturated heterocycles. The molecule has 0 bridgehead atoms. The zero-order valence-corrected chi connectivity index (χ0v) is 9.54. The molecule has 1 heterocycles. The Labute approximate surface area is 93.5 Å². The smallest absolute Gasteiger partial charge is 0.408 e. The number of hydrogen-bond donors (Lipinski definition) is 2. The average molecular weight is 220 g/mol. The van der Waals surface area contributed by atoms with Gasteiger partial charge in [0.2, 0.25) is 0 Å². The Morgan fingerprint density at radius 3 is 2.88 bits per heavy atom. The van der Waals surface area contributed by atoms with Crippen molar-refractivity contribution < 1.29 is 4.42 Å². The first-order chi connectivity index (χ1) is 7.50. The van der Waals surface area contributed by atoms with Gasteiger partial charge in [-0.25, -0.2) is 4.79 Å². The van der Waals surface area contributed by atoms with E-state index >= 15 is 0 Å². The van der Waals surface area contributed by atoms with Crippen LogP contribution >= 0.6 is 0 Å². The van der Waals surface area contributed by atoms with Crippen molar-refractivity contribution in [3.63, 3.8) is 0 Å². The van der Waals surface area contributed by atoms with E-state index in [0.717, 1.165) is 17.5 Å². The molecule has 4 heteroatoms. The van der Waals surface area contributed by atoms with Gasteiger partial charge in [0.25, 0.3) is 0 Å². The largest absolute Gasteiger partial charge is 0.417 e. The summed E-state index contributed by atoms with van der Waals surface area (Å²) in [7, 11) is 0. The predicted octanol–water partition coefficient (Wildman–Crippen LogP) is 1.65. The van der Waals surface area contributed by atoms with Gasteiger partial charge in [-0.1, -0.05) is 19.9 Å². The Balaban J connectivity index is 2.36. The van der Waals surface area contributed by atoms with Gasteiger partial charge in [-0.05, 0) is 36.1 Å². The first kappa shape index (κ1) is 11.0. The number of aromatic nitrogens is 1. The highest BCUT2D eigenvalue weighted by Crippen LogP contribution is 2.22. The molecular formula is C12H16N2O2. The standard InChI is InChI=1S/C12H16N2O2/c1-12(2,7-13)6-8-3-4-9-10(5-8)16-11(15)14-9/h3-5H,6-7,13H2,1-2H3,(H,14,15). The minimum Gasteiger partial charge on any atom is -0.408 e. The maximum absolute atomic E-state index is 11.0. The number of benzene rings is 1. The number of nitrogens with one attached hydrogen (secondary N) is 1. The molecule has 0 aliphatic heterocycles. The number of rotatable bonds is 3. The maximum Gasteiger partial charge on any atom is 0.417 e. The van der Waals surface area contributed by atoms with Crippen molar-refractivity contribution in [3.05, 3.63) is 34.3 Å². The second kappa shape index (κ2) is 3.79. The minimum atomic E-state index is -0.412. The molecule has 2 rings (SSSR count). The molecule has 1 aromatic carbocycles. The normalized spacial score (nSPS) is 12.2. The van der Waals surface area contributed by atoms with Gasteiger partial charge in [0.05, 0.1) is 5.52 Å². The molecular weight excluding hydrogens is 204 g/mol. The zero-order chi connectivity index (χ0) is 11.8. The van der Waals surface area contributed by atoms with Crippen LogP contribution in [0, 0.1) is 5.41 Å². The van der Waals surface area contributed by atoms with Gasteiger partial charge >= 0.3 is 5.76 Å². The van der Waals surface area contributed by atoms with Crippen LogP contribution in [-0.2, 0) is 6.42 Å². The van der Waals surface area contributed by atoms with Gasteiger partial charge in [0, 0.05) is 0 Å². The number of hydrogen-bond acceptors (Lipinski definition) is 3. The fraction of sp³-hybridized carbons (Fsp3) is 0.417. The van der Waals surface area contributed by atoms with Crippen molar-refractivity contribution in [2.75, 3.05) is 6.54 Å². The highest BCUT2D eigenvalue weighted by molar-refractivity contribution is 5.72. The maximum atomic E-state index is 11.0. The van der Waals surface area contributed by atoms with Crippen LogP contribution in [0.4, 0.5) is 0 Å². The third kappa shape index (κ3) is 2.17. The van der Waals surface area contributed by atoms with E-state index in [-0.39, 0.29) is 5.41 Å². The van der Waals surface area contributed by atoms with Crippen LogP contribution in [0.15, 0.2) is 27.4 Å². The van der Waals surface area contributed by atoms with E-state index in [1.165, 1.54) is 0 Å². The van der Waals surface area contributed by atoms with E-state index in [1.54, 1.807) is 0 Å². The number of oxazole rings is 1. The van der Waals surface area contributed by atoms with E-state index in [9.17, 15) is 4.79 Å². The first-order valence-electron chi connectivity index (χ1n) is 5.32. The minimum absolute atomic E-state index is 0.0598. The van der Waals surface area contributed by atoms with Crippen molar-refractivity contribution in [2.24, 2.45) is 11.1 Å². The molecule has 1 aromatic heterocycles. The number of nitrogens with two attached hydrogens (primary N) is 1. The van der Waals surface area contributed by atoms with Crippen LogP contribution in [0.5, 0.6) is 0 Å². The molecule has 4 nitrogen and oxygen atoms in total. The summed E-state index contributed by atoms with van der Waals surface area (Å²) >= 11 is 0.